The third-order valence-corrected chi connectivity index (χ3v) is 12.6. The maximum atomic E-state index is 12.9. The number of thioether (sulfide) groups is 1. The lowest BCUT2D eigenvalue weighted by Crippen LogP contribution is -3.00. The van der Waals surface area contributed by atoms with Crippen molar-refractivity contribution in [2.24, 2.45) is 5.73 Å². The van der Waals surface area contributed by atoms with Gasteiger partial charge in [-0.15, -0.1) is 11.8 Å². The molecule has 1 heterocycles. The summed E-state index contributed by atoms with van der Waals surface area (Å²) in [7, 11) is -1.95. The molecular weight excluding hydrogens is 583 g/mol. The molecule has 9 heteroatoms. The fourth-order valence-electron chi connectivity index (χ4n) is 4.81. The van der Waals surface area contributed by atoms with Gasteiger partial charge < -0.3 is 27.8 Å². The number of imide groups is 1. The van der Waals surface area contributed by atoms with Crippen LogP contribution in [0.5, 0.6) is 0 Å². The van der Waals surface area contributed by atoms with Crippen LogP contribution in [-0.4, -0.2) is 57.5 Å². The molecule has 0 aromatic heterocycles. The molecule has 0 spiro atoms. The first-order valence-corrected chi connectivity index (χ1v) is 15.4. The van der Waals surface area contributed by atoms with Crippen LogP contribution in [0.3, 0.4) is 0 Å². The van der Waals surface area contributed by atoms with E-state index < -0.39 is 24.5 Å². The normalized spacial score (nSPS) is 16.2. The quantitative estimate of drug-likeness (QED) is 0.170. The van der Waals surface area contributed by atoms with E-state index in [1.807, 2.05) is 18.2 Å². The van der Waals surface area contributed by atoms with Gasteiger partial charge in [0.2, 0.25) is 11.8 Å². The lowest BCUT2D eigenvalue weighted by atomic mass is 10.3. The Bertz CT molecular complexity index is 1120. The number of amides is 2. The molecule has 3 aromatic rings. The van der Waals surface area contributed by atoms with E-state index in [-0.39, 0.29) is 41.0 Å². The van der Waals surface area contributed by atoms with Gasteiger partial charge in [0, 0.05) is 18.7 Å². The summed E-state index contributed by atoms with van der Waals surface area (Å²) in [4.78, 5) is 37.8. The average Bonchev–Trinajstić information content (AvgIpc) is 3.20. The van der Waals surface area contributed by atoms with Crippen molar-refractivity contribution >= 4 is 52.7 Å². The number of carboxylic acids is 1. The molecule has 1 fully saturated rings. The summed E-state index contributed by atoms with van der Waals surface area (Å²) in [5.74, 6) is -1.43. The van der Waals surface area contributed by atoms with Crippen LogP contribution >= 0.6 is 19.0 Å². The molecule has 0 bridgehead atoms. The molecular formula is C29H32BrN2O4PS. The van der Waals surface area contributed by atoms with Crippen molar-refractivity contribution in [1.82, 2.24) is 4.90 Å². The van der Waals surface area contributed by atoms with Crippen LogP contribution in [0.4, 0.5) is 0 Å². The number of hydrogen-bond acceptors (Lipinski definition) is 5. The van der Waals surface area contributed by atoms with E-state index in [0.717, 1.165) is 24.3 Å². The third kappa shape index (κ3) is 6.73. The maximum Gasteiger partial charge on any atom is 0.321 e. The molecule has 3 N–H and O–H groups in total. The molecule has 38 heavy (non-hydrogen) atoms. The largest absolute Gasteiger partial charge is 1.00 e. The number of likely N-dealkylation sites (tertiary alicyclic amines) is 1. The van der Waals surface area contributed by atoms with E-state index in [2.05, 4.69) is 72.8 Å². The summed E-state index contributed by atoms with van der Waals surface area (Å²) in [6.45, 7) is 0.373. The van der Waals surface area contributed by atoms with Crippen molar-refractivity contribution in [2.45, 2.75) is 30.6 Å². The van der Waals surface area contributed by atoms with E-state index in [1.165, 1.54) is 20.8 Å². The monoisotopic (exact) mass is 614 g/mol. The zero-order chi connectivity index (χ0) is 26.3. The highest BCUT2D eigenvalue weighted by Gasteiger charge is 2.45. The molecule has 0 radical (unpaired) electrons. The number of carbonyl (C=O) groups excluding carboxylic acids is 2. The Labute approximate surface area is 239 Å². The van der Waals surface area contributed by atoms with Crippen molar-refractivity contribution in [3.8, 4) is 0 Å². The van der Waals surface area contributed by atoms with E-state index >= 15 is 0 Å². The molecule has 2 atom stereocenters. The van der Waals surface area contributed by atoms with Crippen molar-refractivity contribution in [3.05, 3.63) is 91.0 Å². The Morgan fingerprint density at radius 2 is 1.37 bits per heavy atom. The number of benzene rings is 3. The smallest absolute Gasteiger partial charge is 0.321 e. The van der Waals surface area contributed by atoms with Gasteiger partial charge in [-0.1, -0.05) is 54.6 Å². The number of hydrogen-bond donors (Lipinski definition) is 2. The fraction of sp³-hybridized carbons (Fsp3) is 0.276. The van der Waals surface area contributed by atoms with Crippen LogP contribution in [0, 0.1) is 0 Å². The highest BCUT2D eigenvalue weighted by molar-refractivity contribution is 8.00. The average molecular weight is 616 g/mol. The van der Waals surface area contributed by atoms with Gasteiger partial charge in [-0.25, -0.2) is 0 Å². The predicted molar refractivity (Wildman–Crippen MR) is 152 cm³/mol. The molecule has 1 aliphatic heterocycles. The molecule has 3 aromatic carbocycles. The lowest BCUT2D eigenvalue weighted by Gasteiger charge is -2.28. The number of carbonyl (C=O) groups is 3. The summed E-state index contributed by atoms with van der Waals surface area (Å²) in [6, 6.07) is 30.9. The minimum atomic E-state index is -1.95. The Hall–Kier alpha value is -2.51. The number of nitrogens with zero attached hydrogens (tertiary/aromatic N) is 1. The summed E-state index contributed by atoms with van der Waals surface area (Å²) in [5.41, 5.74) is 5.57. The Morgan fingerprint density at radius 3 is 1.82 bits per heavy atom. The van der Waals surface area contributed by atoms with Crippen LogP contribution in [0.15, 0.2) is 91.0 Å². The molecule has 2 unspecified atom stereocenters. The highest BCUT2D eigenvalue weighted by atomic mass is 79.9. The van der Waals surface area contributed by atoms with E-state index in [9.17, 15) is 14.4 Å². The minimum absolute atomic E-state index is 0. The van der Waals surface area contributed by atoms with Crippen LogP contribution in [0.25, 0.3) is 0 Å². The SMILES string of the molecule is NC(CSC1CC(=O)N(CCCC[P+](c2ccccc2)(c2ccccc2)c2ccccc2)C1=O)C(=O)O.[Br-]. The second-order valence-corrected chi connectivity index (χ2v) is 14.0. The number of nitrogens with two attached hydrogens (primary N) is 1. The number of rotatable bonds is 12. The van der Waals surface area contributed by atoms with Crippen LogP contribution in [0.1, 0.15) is 19.3 Å². The van der Waals surface area contributed by atoms with Crippen LogP contribution in [0.2, 0.25) is 0 Å². The fourth-order valence-corrected chi connectivity index (χ4v) is 10.3. The Kier molecular flexibility index (Phi) is 11.1. The highest BCUT2D eigenvalue weighted by Crippen LogP contribution is 2.55. The lowest BCUT2D eigenvalue weighted by molar-refractivity contribution is -0.139. The number of halogens is 1. The molecule has 6 nitrogen and oxygen atoms in total. The Balaban J connectivity index is 0.00000400. The van der Waals surface area contributed by atoms with Gasteiger partial charge in [0.05, 0.1) is 11.4 Å². The van der Waals surface area contributed by atoms with Gasteiger partial charge >= 0.3 is 5.97 Å². The first kappa shape index (κ1) is 30.0. The van der Waals surface area contributed by atoms with Crippen molar-refractivity contribution < 1.29 is 36.5 Å². The third-order valence-electron chi connectivity index (χ3n) is 6.71. The topological polar surface area (TPSA) is 101 Å². The van der Waals surface area contributed by atoms with Gasteiger partial charge in [0.25, 0.3) is 0 Å². The van der Waals surface area contributed by atoms with E-state index in [0.29, 0.717) is 13.0 Å². The Morgan fingerprint density at radius 1 is 0.895 bits per heavy atom. The number of unbranched alkanes of at least 4 members (excludes halogenated alkanes) is 1. The van der Waals surface area contributed by atoms with Crippen LogP contribution in [-0.2, 0) is 14.4 Å². The number of carboxylic acid groups (broad SMARTS) is 1. The molecule has 2 amide bonds. The van der Waals surface area contributed by atoms with E-state index in [4.69, 9.17) is 10.8 Å². The van der Waals surface area contributed by atoms with Gasteiger partial charge in [0.1, 0.15) is 29.2 Å². The van der Waals surface area contributed by atoms with Crippen molar-refractivity contribution in [1.29, 1.82) is 0 Å². The zero-order valence-electron chi connectivity index (χ0n) is 21.0. The maximum absolute atomic E-state index is 12.9. The van der Waals surface area contributed by atoms with Gasteiger partial charge in [-0.3, -0.25) is 19.3 Å². The van der Waals surface area contributed by atoms with Gasteiger partial charge in [-0.05, 0) is 49.2 Å². The summed E-state index contributed by atoms with van der Waals surface area (Å²) in [5, 5.41) is 12.4. The summed E-state index contributed by atoms with van der Waals surface area (Å²) in [6.07, 6.45) is 2.58. The molecule has 0 saturated carbocycles. The molecule has 4 rings (SSSR count). The second kappa shape index (κ2) is 14.0. The standard InChI is InChI=1S/C29H31N2O4PS.BrH/c30-25(29(34)35)21-37-26-20-27(32)31(28(26)33)18-10-11-19-36(22-12-4-1-5-13-22,23-14-6-2-7-15-23)24-16-8-3-9-17-24;/h1-9,12-17,25-26H,10-11,18-21,30H2;1H. The molecule has 200 valence electrons. The molecule has 1 saturated heterocycles. The first-order chi connectivity index (χ1) is 17.9. The van der Waals surface area contributed by atoms with Gasteiger partial charge in [0.15, 0.2) is 0 Å². The first-order valence-electron chi connectivity index (χ1n) is 12.4. The second-order valence-electron chi connectivity index (χ2n) is 9.10. The predicted octanol–water partition coefficient (Wildman–Crippen LogP) is 0.0373. The van der Waals surface area contributed by atoms with E-state index in [1.54, 1.807) is 0 Å². The van der Waals surface area contributed by atoms with Crippen molar-refractivity contribution in [3.63, 3.8) is 0 Å². The minimum Gasteiger partial charge on any atom is -1.00 e. The zero-order valence-corrected chi connectivity index (χ0v) is 24.3. The number of aliphatic carboxylic acids is 1. The molecule has 0 aliphatic carbocycles. The van der Waals surface area contributed by atoms with Gasteiger partial charge in [-0.2, -0.15) is 0 Å². The molecule has 1 aliphatic rings. The van der Waals surface area contributed by atoms with Crippen LogP contribution < -0.4 is 38.6 Å². The van der Waals surface area contributed by atoms with Crippen molar-refractivity contribution in [2.75, 3.05) is 18.5 Å². The summed E-state index contributed by atoms with van der Waals surface area (Å²) >= 11 is 1.16. The summed E-state index contributed by atoms with van der Waals surface area (Å²) < 4.78 is 0.